The van der Waals surface area contributed by atoms with Gasteiger partial charge in [0.15, 0.2) is 0 Å². The lowest BCUT2D eigenvalue weighted by molar-refractivity contribution is -0.161. The van der Waals surface area contributed by atoms with E-state index in [1.54, 1.807) is 0 Å². The average Bonchev–Trinajstić information content (AvgIpc) is 2.75. The molecule has 0 spiro atoms. The second-order valence-corrected chi connectivity index (χ2v) is 9.79. The van der Waals surface area contributed by atoms with E-state index in [-0.39, 0.29) is 11.5 Å². The molecule has 4 rings (SSSR count). The Hall–Kier alpha value is -0.300. The van der Waals surface area contributed by atoms with E-state index >= 15 is 0 Å². The van der Waals surface area contributed by atoms with Crippen LogP contribution in [-0.2, 0) is 0 Å². The van der Waals surface area contributed by atoms with Crippen molar-refractivity contribution in [2.24, 2.45) is 40.4 Å². The van der Waals surface area contributed by atoms with Crippen LogP contribution in [0.4, 0.5) is 0 Å². The average molecular weight is 303 g/mol. The Morgan fingerprint density at radius 1 is 1.14 bits per heavy atom. The van der Waals surface area contributed by atoms with Crippen LogP contribution in [0.3, 0.4) is 0 Å². The minimum Gasteiger partial charge on any atom is -0.393 e. The molecule has 1 N–H and O–H groups in total. The van der Waals surface area contributed by atoms with Gasteiger partial charge in [-0.2, -0.15) is 0 Å². The third-order valence-electron chi connectivity index (χ3n) is 8.81. The highest BCUT2D eigenvalue weighted by atomic mass is 16.3. The maximum atomic E-state index is 11.2. The van der Waals surface area contributed by atoms with Gasteiger partial charge in [0.1, 0.15) is 0 Å². The van der Waals surface area contributed by atoms with E-state index in [0.29, 0.717) is 11.3 Å². The van der Waals surface area contributed by atoms with Crippen LogP contribution in [0.5, 0.6) is 0 Å². The summed E-state index contributed by atoms with van der Waals surface area (Å²) >= 11 is 0. The summed E-state index contributed by atoms with van der Waals surface area (Å²) in [5.74, 6) is 3.86. The SMILES string of the molecule is C=C1CC[C@H]2[C@@H]3CC[C@H]4C[C@H](C)CC[C@]4(C)[C@H]3[C@@H](O)C[C@]12C. The molecule has 0 aromatic rings. The lowest BCUT2D eigenvalue weighted by Crippen LogP contribution is -2.58. The summed E-state index contributed by atoms with van der Waals surface area (Å²) in [6.07, 6.45) is 10.3. The van der Waals surface area contributed by atoms with E-state index in [1.165, 1.54) is 50.5 Å². The summed E-state index contributed by atoms with van der Waals surface area (Å²) in [6.45, 7) is 11.8. The van der Waals surface area contributed by atoms with Gasteiger partial charge in [0.25, 0.3) is 0 Å². The number of hydrogen-bond acceptors (Lipinski definition) is 1. The van der Waals surface area contributed by atoms with Crippen molar-refractivity contribution in [1.29, 1.82) is 0 Å². The van der Waals surface area contributed by atoms with Gasteiger partial charge in [-0.3, -0.25) is 0 Å². The van der Waals surface area contributed by atoms with Gasteiger partial charge < -0.3 is 5.11 Å². The monoisotopic (exact) mass is 302 g/mol. The van der Waals surface area contributed by atoms with Crippen molar-refractivity contribution in [2.75, 3.05) is 0 Å². The molecule has 1 nitrogen and oxygen atoms in total. The number of fused-ring (bicyclic) bond motifs is 5. The van der Waals surface area contributed by atoms with E-state index < -0.39 is 0 Å². The lowest BCUT2D eigenvalue weighted by atomic mass is 9.44. The fourth-order valence-corrected chi connectivity index (χ4v) is 7.50. The number of allylic oxidation sites excluding steroid dienone is 1. The molecule has 4 fully saturated rings. The molecule has 22 heavy (non-hydrogen) atoms. The van der Waals surface area contributed by atoms with Gasteiger partial charge >= 0.3 is 0 Å². The van der Waals surface area contributed by atoms with Crippen LogP contribution in [0.25, 0.3) is 0 Å². The second kappa shape index (κ2) is 4.85. The normalized spacial score (nSPS) is 57.9. The molecular formula is C21H34O. The van der Waals surface area contributed by atoms with Gasteiger partial charge in [-0.1, -0.05) is 39.3 Å². The number of rotatable bonds is 0. The molecule has 8 atom stereocenters. The van der Waals surface area contributed by atoms with Crippen LogP contribution in [0.1, 0.15) is 72.1 Å². The van der Waals surface area contributed by atoms with Gasteiger partial charge in [0.2, 0.25) is 0 Å². The Morgan fingerprint density at radius 3 is 2.68 bits per heavy atom. The molecule has 0 amide bonds. The standard InChI is InChI=1S/C21H34O/c1-13-9-10-20(3)15(11-13)6-7-16-17-8-5-14(2)21(17,4)12-18(22)19(16)20/h13,15-19,22H,2,5-12H2,1,3-4H3/t13-,15+,16+,17+,18+,19-,20+,21-/m1/s1. The molecule has 0 heterocycles. The van der Waals surface area contributed by atoms with E-state index in [0.717, 1.165) is 30.1 Å². The first-order chi connectivity index (χ1) is 10.4. The fraction of sp³-hybridized carbons (Fsp3) is 0.905. The maximum absolute atomic E-state index is 11.2. The molecule has 124 valence electrons. The first kappa shape index (κ1) is 15.2. The summed E-state index contributed by atoms with van der Waals surface area (Å²) in [4.78, 5) is 0. The zero-order valence-corrected chi connectivity index (χ0v) is 14.8. The molecule has 0 bridgehead atoms. The van der Waals surface area contributed by atoms with Crippen molar-refractivity contribution in [3.05, 3.63) is 12.2 Å². The minimum atomic E-state index is -0.0951. The fourth-order valence-electron chi connectivity index (χ4n) is 7.50. The zero-order chi connectivity index (χ0) is 15.7. The van der Waals surface area contributed by atoms with Gasteiger partial charge in [-0.25, -0.2) is 0 Å². The van der Waals surface area contributed by atoms with Gasteiger partial charge in [0.05, 0.1) is 6.10 Å². The summed E-state index contributed by atoms with van der Waals surface area (Å²) < 4.78 is 0. The molecule has 0 aromatic carbocycles. The molecular weight excluding hydrogens is 268 g/mol. The molecule has 4 aliphatic rings. The Bertz CT molecular complexity index is 482. The van der Waals surface area contributed by atoms with E-state index in [1.807, 2.05) is 0 Å². The highest BCUT2D eigenvalue weighted by Crippen LogP contribution is 2.67. The molecule has 0 aliphatic heterocycles. The third-order valence-corrected chi connectivity index (χ3v) is 8.81. The Kier molecular flexibility index (Phi) is 3.36. The number of aliphatic hydroxyl groups is 1. The van der Waals surface area contributed by atoms with Crippen molar-refractivity contribution in [2.45, 2.75) is 78.2 Å². The zero-order valence-electron chi connectivity index (χ0n) is 14.8. The van der Waals surface area contributed by atoms with Crippen molar-refractivity contribution in [3.63, 3.8) is 0 Å². The predicted octanol–water partition coefficient (Wildman–Crippen LogP) is 5.19. The molecule has 0 aromatic heterocycles. The van der Waals surface area contributed by atoms with Crippen LogP contribution < -0.4 is 0 Å². The molecule has 4 aliphatic carbocycles. The van der Waals surface area contributed by atoms with Crippen LogP contribution in [-0.4, -0.2) is 11.2 Å². The second-order valence-electron chi connectivity index (χ2n) is 9.79. The van der Waals surface area contributed by atoms with Crippen molar-refractivity contribution < 1.29 is 5.11 Å². The Labute approximate surface area is 136 Å². The first-order valence-electron chi connectivity index (χ1n) is 9.72. The van der Waals surface area contributed by atoms with Gasteiger partial charge in [0, 0.05) is 0 Å². The molecule has 0 saturated heterocycles. The van der Waals surface area contributed by atoms with Crippen LogP contribution in [0.15, 0.2) is 12.2 Å². The molecule has 0 unspecified atom stereocenters. The number of hydrogen-bond donors (Lipinski definition) is 1. The van der Waals surface area contributed by atoms with Crippen molar-refractivity contribution in [1.82, 2.24) is 0 Å². The van der Waals surface area contributed by atoms with E-state index in [4.69, 9.17) is 0 Å². The number of aliphatic hydroxyl groups excluding tert-OH is 1. The van der Waals surface area contributed by atoms with Gasteiger partial charge in [-0.15, -0.1) is 0 Å². The lowest BCUT2D eigenvalue weighted by Gasteiger charge is -2.62. The summed E-state index contributed by atoms with van der Waals surface area (Å²) in [6, 6.07) is 0. The molecule has 0 radical (unpaired) electrons. The van der Waals surface area contributed by atoms with E-state index in [2.05, 4.69) is 27.4 Å². The summed E-state index contributed by atoms with van der Waals surface area (Å²) in [5, 5.41) is 11.2. The van der Waals surface area contributed by atoms with Crippen LogP contribution >= 0.6 is 0 Å². The highest BCUT2D eigenvalue weighted by Gasteiger charge is 2.61. The summed E-state index contributed by atoms with van der Waals surface area (Å²) in [7, 11) is 0. The highest BCUT2D eigenvalue weighted by molar-refractivity contribution is 5.22. The largest absolute Gasteiger partial charge is 0.393 e. The van der Waals surface area contributed by atoms with Crippen LogP contribution in [0, 0.1) is 40.4 Å². The van der Waals surface area contributed by atoms with Crippen molar-refractivity contribution >= 4 is 0 Å². The maximum Gasteiger partial charge on any atom is 0.0584 e. The Morgan fingerprint density at radius 2 is 1.91 bits per heavy atom. The molecule has 4 saturated carbocycles. The molecule has 1 heteroatoms. The quantitative estimate of drug-likeness (QED) is 0.610. The Balaban J connectivity index is 1.69. The van der Waals surface area contributed by atoms with Crippen LogP contribution in [0.2, 0.25) is 0 Å². The smallest absolute Gasteiger partial charge is 0.0584 e. The first-order valence-corrected chi connectivity index (χ1v) is 9.72. The predicted molar refractivity (Wildman–Crippen MR) is 91.4 cm³/mol. The van der Waals surface area contributed by atoms with Gasteiger partial charge in [-0.05, 0) is 85.4 Å². The summed E-state index contributed by atoms with van der Waals surface area (Å²) in [5.41, 5.74) is 2.06. The van der Waals surface area contributed by atoms with Crippen molar-refractivity contribution in [3.8, 4) is 0 Å². The third kappa shape index (κ3) is 1.87. The topological polar surface area (TPSA) is 20.2 Å². The minimum absolute atomic E-state index is 0.0951. The van der Waals surface area contributed by atoms with E-state index in [9.17, 15) is 5.11 Å².